The van der Waals surface area contributed by atoms with Gasteiger partial charge < -0.3 is 10.3 Å². The van der Waals surface area contributed by atoms with Crippen LogP contribution in [0, 0.1) is 5.92 Å². The number of hydrogen-bond acceptors (Lipinski definition) is 5. The second-order valence-electron chi connectivity index (χ2n) is 5.52. The number of thiophene rings is 1. The van der Waals surface area contributed by atoms with Crippen LogP contribution >= 0.6 is 43.2 Å². The zero-order valence-corrected chi connectivity index (χ0v) is 15.0. The molecule has 0 bridgehead atoms. The van der Waals surface area contributed by atoms with Crippen molar-refractivity contribution >= 4 is 43.2 Å². The van der Waals surface area contributed by atoms with E-state index in [0.717, 1.165) is 32.4 Å². The van der Waals surface area contributed by atoms with Crippen LogP contribution < -0.4 is 5.73 Å². The number of nitrogens with two attached hydrogens (primary N) is 1. The summed E-state index contributed by atoms with van der Waals surface area (Å²) in [4.78, 5) is 4.54. The first kappa shape index (κ1) is 14.7. The second-order valence-corrected chi connectivity index (χ2v) is 9.27. The van der Waals surface area contributed by atoms with Crippen molar-refractivity contribution in [3.63, 3.8) is 0 Å². The minimum Gasteiger partial charge on any atom is -0.334 e. The number of rotatable bonds is 2. The summed E-state index contributed by atoms with van der Waals surface area (Å²) in [6.07, 6.45) is 4.19. The SMILES string of the molecule is CC1CCCC(N)(c2noc(-c3cc(Br)sc3Br)n2)C1. The molecule has 2 aromatic rings. The summed E-state index contributed by atoms with van der Waals surface area (Å²) in [5.74, 6) is 1.77. The van der Waals surface area contributed by atoms with Gasteiger partial charge >= 0.3 is 0 Å². The van der Waals surface area contributed by atoms with E-state index in [1.54, 1.807) is 11.3 Å². The molecule has 7 heteroatoms. The normalized spacial score (nSPS) is 26.9. The molecular weight excluding hydrogens is 406 g/mol. The third kappa shape index (κ3) is 2.73. The van der Waals surface area contributed by atoms with Crippen molar-refractivity contribution in [2.75, 3.05) is 0 Å². The number of aromatic nitrogens is 2. The molecule has 0 amide bonds. The standard InChI is InChI=1S/C13H15Br2N3OS/c1-7-3-2-4-13(16,6-7)12-17-11(19-18-12)8-5-9(14)20-10(8)15/h5,7H,2-4,6,16H2,1H3. The predicted octanol–water partition coefficient (Wildman–Crippen LogP) is 4.69. The van der Waals surface area contributed by atoms with Crippen LogP contribution in [0.3, 0.4) is 0 Å². The van der Waals surface area contributed by atoms with Gasteiger partial charge in [0.25, 0.3) is 5.89 Å². The van der Waals surface area contributed by atoms with E-state index in [-0.39, 0.29) is 0 Å². The highest BCUT2D eigenvalue weighted by Crippen LogP contribution is 2.40. The van der Waals surface area contributed by atoms with Crippen molar-refractivity contribution in [3.8, 4) is 11.5 Å². The van der Waals surface area contributed by atoms with E-state index >= 15 is 0 Å². The van der Waals surface area contributed by atoms with Crippen LogP contribution in [0.15, 0.2) is 18.2 Å². The average Bonchev–Trinajstić information content (AvgIpc) is 2.95. The molecule has 1 fully saturated rings. The van der Waals surface area contributed by atoms with Crippen molar-refractivity contribution in [2.24, 2.45) is 11.7 Å². The minimum absolute atomic E-state index is 0.445. The third-order valence-electron chi connectivity index (χ3n) is 3.79. The molecule has 2 N–H and O–H groups in total. The molecule has 0 radical (unpaired) electrons. The minimum atomic E-state index is -0.445. The molecule has 20 heavy (non-hydrogen) atoms. The van der Waals surface area contributed by atoms with Crippen LogP contribution in [-0.4, -0.2) is 10.1 Å². The Morgan fingerprint density at radius 2 is 2.30 bits per heavy atom. The Balaban J connectivity index is 1.92. The topological polar surface area (TPSA) is 64.9 Å². The lowest BCUT2D eigenvalue weighted by atomic mass is 9.76. The summed E-state index contributed by atoms with van der Waals surface area (Å²) in [6, 6.07) is 1.97. The highest BCUT2D eigenvalue weighted by Gasteiger charge is 2.37. The monoisotopic (exact) mass is 419 g/mol. The number of hydrogen-bond donors (Lipinski definition) is 1. The molecule has 0 spiro atoms. The Bertz CT molecular complexity index is 627. The molecule has 1 saturated carbocycles. The Morgan fingerprint density at radius 3 is 2.95 bits per heavy atom. The Labute approximate surface area is 138 Å². The van der Waals surface area contributed by atoms with Crippen LogP contribution in [0.2, 0.25) is 0 Å². The van der Waals surface area contributed by atoms with Crippen molar-refractivity contribution in [2.45, 2.75) is 38.1 Å². The van der Waals surface area contributed by atoms with Gasteiger partial charge in [-0.1, -0.05) is 24.9 Å². The zero-order valence-electron chi connectivity index (χ0n) is 11.0. The molecule has 3 rings (SSSR count). The summed E-state index contributed by atoms with van der Waals surface area (Å²) in [6.45, 7) is 2.23. The van der Waals surface area contributed by atoms with Crippen LogP contribution in [-0.2, 0) is 5.54 Å². The van der Waals surface area contributed by atoms with Crippen LogP contribution in [0.1, 0.15) is 38.4 Å². The van der Waals surface area contributed by atoms with Gasteiger partial charge in [-0.3, -0.25) is 0 Å². The number of nitrogens with zero attached hydrogens (tertiary/aromatic N) is 2. The Morgan fingerprint density at radius 1 is 1.50 bits per heavy atom. The molecule has 1 aliphatic carbocycles. The molecule has 2 aromatic heterocycles. The van der Waals surface area contributed by atoms with Gasteiger partial charge in [-0.15, -0.1) is 11.3 Å². The number of halogens is 2. The average molecular weight is 421 g/mol. The van der Waals surface area contributed by atoms with E-state index < -0.39 is 5.54 Å². The molecule has 1 aliphatic rings. The van der Waals surface area contributed by atoms with Crippen LogP contribution in [0.25, 0.3) is 11.5 Å². The molecule has 2 unspecified atom stereocenters. The molecule has 0 saturated heterocycles. The highest BCUT2D eigenvalue weighted by atomic mass is 79.9. The van der Waals surface area contributed by atoms with Gasteiger partial charge in [0.05, 0.1) is 18.7 Å². The summed E-state index contributed by atoms with van der Waals surface area (Å²) < 4.78 is 7.41. The highest BCUT2D eigenvalue weighted by molar-refractivity contribution is 9.12. The fourth-order valence-electron chi connectivity index (χ4n) is 2.82. The predicted molar refractivity (Wildman–Crippen MR) is 86.5 cm³/mol. The molecule has 0 aliphatic heterocycles. The van der Waals surface area contributed by atoms with E-state index in [4.69, 9.17) is 10.3 Å². The second kappa shape index (κ2) is 5.51. The maximum atomic E-state index is 6.50. The van der Waals surface area contributed by atoms with Gasteiger partial charge in [0.15, 0.2) is 5.82 Å². The molecule has 108 valence electrons. The van der Waals surface area contributed by atoms with Gasteiger partial charge in [-0.05, 0) is 56.7 Å². The zero-order chi connectivity index (χ0) is 14.3. The smallest absolute Gasteiger partial charge is 0.260 e. The molecule has 4 nitrogen and oxygen atoms in total. The fraction of sp³-hybridized carbons (Fsp3) is 0.538. The van der Waals surface area contributed by atoms with Crippen molar-refractivity contribution in [1.29, 1.82) is 0 Å². The molecular formula is C13H15Br2N3OS. The van der Waals surface area contributed by atoms with Crippen LogP contribution in [0.4, 0.5) is 0 Å². The van der Waals surface area contributed by atoms with Crippen LogP contribution in [0.5, 0.6) is 0 Å². The van der Waals surface area contributed by atoms with Gasteiger partial charge in [-0.2, -0.15) is 4.98 Å². The summed E-state index contributed by atoms with van der Waals surface area (Å²) in [7, 11) is 0. The maximum Gasteiger partial charge on any atom is 0.260 e. The van der Waals surface area contributed by atoms with Crippen molar-refractivity contribution < 1.29 is 4.52 Å². The Kier molecular flexibility index (Phi) is 4.05. The lowest BCUT2D eigenvalue weighted by molar-refractivity contribution is 0.222. The lowest BCUT2D eigenvalue weighted by Crippen LogP contribution is -2.42. The van der Waals surface area contributed by atoms with Crippen molar-refractivity contribution in [3.05, 3.63) is 19.5 Å². The van der Waals surface area contributed by atoms with E-state index in [9.17, 15) is 0 Å². The molecule has 2 atom stereocenters. The first-order valence-electron chi connectivity index (χ1n) is 6.56. The molecule has 2 heterocycles. The quantitative estimate of drug-likeness (QED) is 0.765. The van der Waals surface area contributed by atoms with Gasteiger partial charge in [0.1, 0.15) is 0 Å². The third-order valence-corrected chi connectivity index (χ3v) is 6.13. The molecule has 0 aromatic carbocycles. The first-order chi connectivity index (χ1) is 9.48. The summed E-state index contributed by atoms with van der Waals surface area (Å²) >= 11 is 8.55. The maximum absolute atomic E-state index is 6.50. The largest absolute Gasteiger partial charge is 0.334 e. The lowest BCUT2D eigenvalue weighted by Gasteiger charge is -2.33. The van der Waals surface area contributed by atoms with E-state index in [1.165, 1.54) is 6.42 Å². The summed E-state index contributed by atoms with van der Waals surface area (Å²) in [5, 5.41) is 4.13. The van der Waals surface area contributed by atoms with Gasteiger partial charge in [0.2, 0.25) is 0 Å². The summed E-state index contributed by atoms with van der Waals surface area (Å²) in [5.41, 5.74) is 6.97. The van der Waals surface area contributed by atoms with Gasteiger partial charge in [0, 0.05) is 0 Å². The van der Waals surface area contributed by atoms with Gasteiger partial charge in [-0.25, -0.2) is 0 Å². The van der Waals surface area contributed by atoms with E-state index in [1.807, 2.05) is 6.07 Å². The Hall–Kier alpha value is -0.240. The fourth-order valence-corrected chi connectivity index (χ4v) is 5.59. The van der Waals surface area contributed by atoms with E-state index in [0.29, 0.717) is 17.6 Å². The van der Waals surface area contributed by atoms with Crippen molar-refractivity contribution in [1.82, 2.24) is 10.1 Å². The first-order valence-corrected chi connectivity index (χ1v) is 8.96. The van der Waals surface area contributed by atoms with E-state index in [2.05, 4.69) is 48.9 Å².